The van der Waals surface area contributed by atoms with E-state index in [9.17, 15) is 9.59 Å². The molecule has 0 aliphatic heterocycles. The molecule has 0 aromatic heterocycles. The lowest BCUT2D eigenvalue weighted by molar-refractivity contribution is -0.115. The van der Waals surface area contributed by atoms with E-state index in [2.05, 4.69) is 16.0 Å². The number of thiocarbonyl (C=S) groups is 1. The van der Waals surface area contributed by atoms with Gasteiger partial charge in [0.15, 0.2) is 5.11 Å². The molecule has 2 amide bonds. The van der Waals surface area contributed by atoms with Crippen LogP contribution < -0.4 is 26.4 Å². The van der Waals surface area contributed by atoms with E-state index in [0.29, 0.717) is 23.0 Å². The van der Waals surface area contributed by atoms with Crippen LogP contribution in [0, 0.1) is 0 Å². The SMILES string of the molecule is CCC(Sc1cccc(NC(=S)Nc2ccccc2OC)c1)C(=O)Nc1ccccc1C(N)=O. The molecule has 0 fully saturated rings. The highest BCUT2D eigenvalue weighted by Gasteiger charge is 2.20. The van der Waals surface area contributed by atoms with Crippen LogP contribution in [0.15, 0.2) is 77.7 Å². The highest BCUT2D eigenvalue weighted by atomic mass is 32.2. The number of nitrogens with two attached hydrogens (primary N) is 1. The Kier molecular flexibility index (Phi) is 8.89. The van der Waals surface area contributed by atoms with Crippen molar-refractivity contribution in [1.82, 2.24) is 0 Å². The molecular formula is C25H26N4O3S2. The van der Waals surface area contributed by atoms with Gasteiger partial charge in [0, 0.05) is 10.6 Å². The van der Waals surface area contributed by atoms with Crippen LogP contribution in [-0.2, 0) is 4.79 Å². The van der Waals surface area contributed by atoms with E-state index < -0.39 is 5.91 Å². The molecular weight excluding hydrogens is 468 g/mol. The summed E-state index contributed by atoms with van der Waals surface area (Å²) in [5.41, 5.74) is 7.64. The standard InChI is InChI=1S/C25H26N4O3S2/c1-3-22(24(31)28-19-12-5-4-11-18(19)23(26)30)34-17-10-8-9-16(15-17)27-25(33)29-20-13-6-7-14-21(20)32-2/h4-15,22H,3H2,1-2H3,(H2,26,30)(H,28,31)(H2,27,29,33). The van der Waals surface area contributed by atoms with Crippen molar-refractivity contribution in [3.8, 4) is 5.75 Å². The number of para-hydroxylation sites is 3. The molecule has 3 aromatic rings. The topological polar surface area (TPSA) is 105 Å². The lowest BCUT2D eigenvalue weighted by atomic mass is 10.1. The normalized spacial score (nSPS) is 11.2. The zero-order valence-corrected chi connectivity index (χ0v) is 20.5. The van der Waals surface area contributed by atoms with Gasteiger partial charge in [-0.05, 0) is 61.1 Å². The summed E-state index contributed by atoms with van der Waals surface area (Å²) in [6.45, 7) is 1.94. The van der Waals surface area contributed by atoms with Gasteiger partial charge in [0.05, 0.1) is 29.3 Å². The first kappa shape index (κ1) is 25.1. The molecule has 9 heteroatoms. The van der Waals surface area contributed by atoms with Crippen molar-refractivity contribution >= 4 is 58.0 Å². The lowest BCUT2D eigenvalue weighted by Crippen LogP contribution is -2.26. The van der Waals surface area contributed by atoms with E-state index in [1.54, 1.807) is 31.4 Å². The second-order valence-electron chi connectivity index (χ2n) is 7.22. The minimum absolute atomic E-state index is 0.201. The van der Waals surface area contributed by atoms with Gasteiger partial charge in [-0.2, -0.15) is 0 Å². The Morgan fingerprint density at radius 2 is 1.68 bits per heavy atom. The highest BCUT2D eigenvalue weighted by Crippen LogP contribution is 2.29. The van der Waals surface area contributed by atoms with Crippen molar-refractivity contribution in [3.63, 3.8) is 0 Å². The lowest BCUT2D eigenvalue weighted by Gasteiger charge is -2.17. The summed E-state index contributed by atoms with van der Waals surface area (Å²) < 4.78 is 5.34. The maximum absolute atomic E-state index is 12.9. The molecule has 0 aliphatic rings. The number of ether oxygens (including phenoxy) is 1. The van der Waals surface area contributed by atoms with Crippen molar-refractivity contribution in [3.05, 3.63) is 78.4 Å². The number of benzene rings is 3. The zero-order valence-electron chi connectivity index (χ0n) is 18.8. The van der Waals surface area contributed by atoms with Gasteiger partial charge in [0.2, 0.25) is 5.91 Å². The summed E-state index contributed by atoms with van der Waals surface area (Å²) in [5.74, 6) is -0.105. The number of anilines is 3. The van der Waals surface area contributed by atoms with E-state index in [1.807, 2.05) is 55.5 Å². The molecule has 0 heterocycles. The summed E-state index contributed by atoms with van der Waals surface area (Å²) in [6, 6.07) is 21.8. The summed E-state index contributed by atoms with van der Waals surface area (Å²) in [4.78, 5) is 25.5. The Morgan fingerprint density at radius 3 is 2.38 bits per heavy atom. The number of nitrogens with one attached hydrogen (secondary N) is 3. The molecule has 3 rings (SSSR count). The van der Waals surface area contributed by atoms with Crippen molar-refractivity contribution < 1.29 is 14.3 Å². The Hall–Kier alpha value is -3.56. The smallest absolute Gasteiger partial charge is 0.250 e. The number of amides is 2. The minimum Gasteiger partial charge on any atom is -0.495 e. The summed E-state index contributed by atoms with van der Waals surface area (Å²) in [7, 11) is 1.60. The fourth-order valence-electron chi connectivity index (χ4n) is 3.19. The van der Waals surface area contributed by atoms with Crippen LogP contribution in [0.1, 0.15) is 23.7 Å². The van der Waals surface area contributed by atoms with E-state index in [4.69, 9.17) is 22.7 Å². The molecule has 176 valence electrons. The average Bonchev–Trinajstić information content (AvgIpc) is 2.83. The molecule has 1 atom stereocenters. The van der Waals surface area contributed by atoms with Gasteiger partial charge in [0.25, 0.3) is 5.91 Å². The summed E-state index contributed by atoms with van der Waals surface area (Å²) >= 11 is 6.87. The molecule has 34 heavy (non-hydrogen) atoms. The second kappa shape index (κ2) is 12.1. The molecule has 1 unspecified atom stereocenters. The molecule has 0 bridgehead atoms. The van der Waals surface area contributed by atoms with E-state index in [1.165, 1.54) is 11.8 Å². The van der Waals surface area contributed by atoms with Crippen LogP contribution in [0.5, 0.6) is 5.75 Å². The molecule has 0 aliphatic carbocycles. The van der Waals surface area contributed by atoms with Gasteiger partial charge in [-0.3, -0.25) is 9.59 Å². The summed E-state index contributed by atoms with van der Waals surface area (Å²) in [6.07, 6.45) is 0.598. The number of carbonyl (C=O) groups excluding carboxylic acids is 2. The largest absolute Gasteiger partial charge is 0.495 e. The number of methoxy groups -OCH3 is 1. The monoisotopic (exact) mass is 494 g/mol. The van der Waals surface area contributed by atoms with Crippen LogP contribution in [0.4, 0.5) is 17.1 Å². The van der Waals surface area contributed by atoms with Crippen molar-refractivity contribution in [2.45, 2.75) is 23.5 Å². The quantitative estimate of drug-likeness (QED) is 0.242. The number of rotatable bonds is 9. The van der Waals surface area contributed by atoms with Crippen LogP contribution >= 0.6 is 24.0 Å². The first-order valence-electron chi connectivity index (χ1n) is 10.6. The van der Waals surface area contributed by atoms with E-state index in [-0.39, 0.29) is 16.7 Å². The van der Waals surface area contributed by atoms with Crippen LogP contribution in [0.2, 0.25) is 0 Å². The first-order valence-corrected chi connectivity index (χ1v) is 11.9. The Labute approximate surface area is 208 Å². The number of carbonyl (C=O) groups is 2. The molecule has 0 spiro atoms. The molecule has 7 nitrogen and oxygen atoms in total. The molecule has 5 N–H and O–H groups in total. The predicted octanol–water partition coefficient (Wildman–Crippen LogP) is 5.11. The van der Waals surface area contributed by atoms with Crippen LogP contribution in [-0.4, -0.2) is 29.3 Å². The van der Waals surface area contributed by atoms with E-state index in [0.717, 1.165) is 16.3 Å². The Morgan fingerprint density at radius 1 is 0.971 bits per heavy atom. The second-order valence-corrected chi connectivity index (χ2v) is 8.91. The third-order valence-corrected chi connectivity index (χ3v) is 6.40. The van der Waals surface area contributed by atoms with Crippen LogP contribution in [0.3, 0.4) is 0 Å². The highest BCUT2D eigenvalue weighted by molar-refractivity contribution is 8.00. The van der Waals surface area contributed by atoms with Gasteiger partial charge in [-0.15, -0.1) is 11.8 Å². The molecule has 3 aromatic carbocycles. The molecule has 0 radical (unpaired) electrons. The number of primary amides is 1. The third-order valence-electron chi connectivity index (χ3n) is 4.84. The number of hydrogen-bond acceptors (Lipinski definition) is 5. The number of hydrogen-bond donors (Lipinski definition) is 4. The molecule has 0 saturated heterocycles. The van der Waals surface area contributed by atoms with Crippen molar-refractivity contribution in [1.29, 1.82) is 0 Å². The summed E-state index contributed by atoms with van der Waals surface area (Å²) in [5, 5.41) is 9.17. The van der Waals surface area contributed by atoms with Gasteiger partial charge in [0.1, 0.15) is 5.75 Å². The maximum atomic E-state index is 12.9. The van der Waals surface area contributed by atoms with Crippen molar-refractivity contribution in [2.24, 2.45) is 5.73 Å². The van der Waals surface area contributed by atoms with E-state index >= 15 is 0 Å². The van der Waals surface area contributed by atoms with Crippen LogP contribution in [0.25, 0.3) is 0 Å². The van der Waals surface area contributed by atoms with Gasteiger partial charge in [-0.25, -0.2) is 0 Å². The van der Waals surface area contributed by atoms with Gasteiger partial charge in [-0.1, -0.05) is 37.3 Å². The third kappa shape index (κ3) is 6.72. The zero-order chi connectivity index (χ0) is 24.5. The fourth-order valence-corrected chi connectivity index (χ4v) is 4.43. The average molecular weight is 495 g/mol. The number of thioether (sulfide) groups is 1. The van der Waals surface area contributed by atoms with Crippen molar-refractivity contribution in [2.75, 3.05) is 23.1 Å². The maximum Gasteiger partial charge on any atom is 0.250 e. The van der Waals surface area contributed by atoms with Gasteiger partial charge >= 0.3 is 0 Å². The Balaban J connectivity index is 1.66. The minimum atomic E-state index is -0.590. The Bertz CT molecular complexity index is 1190. The fraction of sp³-hybridized carbons (Fsp3) is 0.160. The predicted molar refractivity (Wildman–Crippen MR) is 143 cm³/mol. The molecule has 0 saturated carbocycles. The first-order chi connectivity index (χ1) is 16.4. The van der Waals surface area contributed by atoms with Gasteiger partial charge < -0.3 is 26.4 Å².